The van der Waals surface area contributed by atoms with Crippen LogP contribution in [0.15, 0.2) is 58.5 Å². The Morgan fingerprint density at radius 2 is 1.74 bits per heavy atom. The van der Waals surface area contributed by atoms with Crippen LogP contribution < -0.4 is 0 Å². The van der Waals surface area contributed by atoms with Gasteiger partial charge in [0.2, 0.25) is 5.90 Å². The molecule has 0 amide bonds. The van der Waals surface area contributed by atoms with Gasteiger partial charge in [-0.25, -0.2) is 9.56 Å². The molecule has 0 radical (unpaired) electrons. The second-order valence-corrected chi connectivity index (χ2v) is 7.55. The molecule has 8 heteroatoms. The zero-order valence-corrected chi connectivity index (χ0v) is 16.7. The second-order valence-electron chi connectivity index (χ2n) is 5.54. The summed E-state index contributed by atoms with van der Waals surface area (Å²) >= 11 is 6.44. The average molecular weight is 407 g/mol. The van der Waals surface area contributed by atoms with Crippen LogP contribution >= 0.6 is 19.4 Å². The lowest BCUT2D eigenvalue weighted by atomic mass is 10.0. The summed E-state index contributed by atoms with van der Waals surface area (Å²) in [5.74, 6) is 0.148. The summed E-state index contributed by atoms with van der Waals surface area (Å²) in [6.45, 7) is 3.88. The Morgan fingerprint density at radius 3 is 2.41 bits per heavy atom. The molecule has 0 N–H and O–H groups in total. The average Bonchev–Trinajstić information content (AvgIpc) is 2.82. The van der Waals surface area contributed by atoms with Crippen molar-refractivity contribution in [3.8, 4) is 0 Å². The van der Waals surface area contributed by atoms with Crippen molar-refractivity contribution in [1.82, 2.24) is 0 Å². The van der Waals surface area contributed by atoms with Gasteiger partial charge in [-0.3, -0.25) is 14.0 Å². The van der Waals surface area contributed by atoms with E-state index in [1.54, 1.807) is 32.0 Å². The highest BCUT2D eigenvalue weighted by Gasteiger charge is 2.30. The van der Waals surface area contributed by atoms with E-state index in [4.69, 9.17) is 25.2 Å². The van der Waals surface area contributed by atoms with Crippen molar-refractivity contribution in [1.29, 1.82) is 0 Å². The Kier molecular flexibility index (Phi) is 6.45. The third-order valence-electron chi connectivity index (χ3n) is 3.68. The molecule has 0 spiro atoms. The summed E-state index contributed by atoms with van der Waals surface area (Å²) in [6, 6.07) is 15.1. The number of halogens is 1. The van der Waals surface area contributed by atoms with Crippen LogP contribution in [0.25, 0.3) is 0 Å². The summed E-state index contributed by atoms with van der Waals surface area (Å²) in [5, 5.41) is 0.526. The van der Waals surface area contributed by atoms with E-state index in [9.17, 15) is 4.57 Å². The van der Waals surface area contributed by atoms with E-state index in [-0.39, 0.29) is 25.7 Å². The van der Waals surface area contributed by atoms with E-state index in [0.717, 1.165) is 5.56 Å². The van der Waals surface area contributed by atoms with Gasteiger partial charge < -0.3 is 4.52 Å². The molecule has 2 aromatic rings. The van der Waals surface area contributed by atoms with Gasteiger partial charge >= 0.3 is 7.82 Å². The fourth-order valence-corrected chi connectivity index (χ4v) is 4.08. The molecule has 0 aliphatic carbocycles. The minimum Gasteiger partial charge on any atom is -0.388 e. The van der Waals surface area contributed by atoms with Crippen LogP contribution in [0.2, 0.25) is 5.02 Å². The maximum absolute atomic E-state index is 12.7. The van der Waals surface area contributed by atoms with Crippen LogP contribution in [-0.4, -0.2) is 31.4 Å². The zero-order chi connectivity index (χ0) is 19.3. The van der Waals surface area contributed by atoms with Crippen LogP contribution in [0.1, 0.15) is 25.0 Å². The fourth-order valence-electron chi connectivity index (χ4n) is 2.65. The van der Waals surface area contributed by atoms with Crippen molar-refractivity contribution in [2.45, 2.75) is 13.8 Å². The maximum atomic E-state index is 12.7. The van der Waals surface area contributed by atoms with Gasteiger partial charge in [0.25, 0.3) is 0 Å². The van der Waals surface area contributed by atoms with Crippen molar-refractivity contribution in [2.75, 3.05) is 19.8 Å². The Balaban J connectivity index is 2.04. The Labute approximate surface area is 163 Å². The van der Waals surface area contributed by atoms with Gasteiger partial charge in [0.1, 0.15) is 6.54 Å². The molecule has 0 unspecified atom stereocenters. The van der Waals surface area contributed by atoms with E-state index >= 15 is 0 Å². The molecule has 6 nitrogen and oxygen atoms in total. The molecule has 0 fully saturated rings. The number of rotatable bonds is 6. The highest BCUT2D eigenvalue weighted by Crippen LogP contribution is 2.50. The van der Waals surface area contributed by atoms with E-state index in [2.05, 4.69) is 9.98 Å². The lowest BCUT2D eigenvalue weighted by Crippen LogP contribution is -2.11. The smallest absolute Gasteiger partial charge is 0.388 e. The number of hydrogen-bond donors (Lipinski definition) is 0. The highest BCUT2D eigenvalue weighted by molar-refractivity contribution is 7.49. The van der Waals surface area contributed by atoms with Crippen LogP contribution in [0, 0.1) is 0 Å². The summed E-state index contributed by atoms with van der Waals surface area (Å²) in [7, 11) is -3.76. The summed E-state index contributed by atoms with van der Waals surface area (Å²) in [4.78, 5) is 9.11. The van der Waals surface area contributed by atoms with E-state index in [1.807, 2.05) is 30.3 Å². The molecular weight excluding hydrogens is 387 g/mol. The molecule has 1 aliphatic heterocycles. The molecule has 2 aromatic carbocycles. The van der Waals surface area contributed by atoms with E-state index in [1.165, 1.54) is 0 Å². The summed E-state index contributed by atoms with van der Waals surface area (Å²) in [5.41, 5.74) is 2.88. The first-order chi connectivity index (χ1) is 13.1. The molecule has 0 aromatic heterocycles. The van der Waals surface area contributed by atoms with Crippen molar-refractivity contribution < 1.29 is 18.1 Å². The maximum Gasteiger partial charge on any atom is 0.531 e. The van der Waals surface area contributed by atoms with Gasteiger partial charge in [-0.15, -0.1) is 0 Å². The monoisotopic (exact) mass is 406 g/mol. The molecule has 0 saturated heterocycles. The molecule has 0 atom stereocenters. The number of aliphatic imine (C=N–C) groups is 2. The van der Waals surface area contributed by atoms with Gasteiger partial charge in [0.15, 0.2) is 0 Å². The quantitative estimate of drug-likeness (QED) is 0.601. The van der Waals surface area contributed by atoms with Crippen LogP contribution in [0.4, 0.5) is 5.69 Å². The predicted octanol–water partition coefficient (Wildman–Crippen LogP) is 5.42. The van der Waals surface area contributed by atoms with Crippen molar-refractivity contribution in [2.24, 2.45) is 9.98 Å². The molecule has 1 aliphatic rings. The van der Waals surface area contributed by atoms with Gasteiger partial charge in [-0.05, 0) is 26.0 Å². The number of hydrogen-bond acceptors (Lipinski definition) is 6. The van der Waals surface area contributed by atoms with Crippen LogP contribution in [0.5, 0.6) is 0 Å². The second kappa shape index (κ2) is 8.81. The zero-order valence-electron chi connectivity index (χ0n) is 15.1. The predicted molar refractivity (Wildman–Crippen MR) is 107 cm³/mol. The lowest BCUT2D eigenvalue weighted by Gasteiger charge is -2.17. The number of phosphoric ester groups is 1. The van der Waals surface area contributed by atoms with Gasteiger partial charge in [0, 0.05) is 11.1 Å². The largest absolute Gasteiger partial charge is 0.531 e. The lowest BCUT2D eigenvalue weighted by molar-refractivity contribution is 0.164. The van der Waals surface area contributed by atoms with Crippen LogP contribution in [0.3, 0.4) is 0 Å². The van der Waals surface area contributed by atoms with E-state index in [0.29, 0.717) is 22.0 Å². The van der Waals surface area contributed by atoms with Gasteiger partial charge in [-0.2, -0.15) is 0 Å². The highest BCUT2D eigenvalue weighted by atomic mass is 35.5. The standard InChI is InChI=1S/C19H20ClN2O4P/c1-3-24-27(23,25-4-2)26-17-13-21-19(14-9-6-5-7-10-14)18-15(20)11-8-12-16(18)22-17/h5-12H,3-4,13H2,1-2H3. The fraction of sp³-hybridized carbons (Fsp3) is 0.263. The normalized spacial score (nSPS) is 14.0. The van der Waals surface area contributed by atoms with Gasteiger partial charge in [0.05, 0.1) is 29.6 Å². The molecular formula is C19H20ClN2O4P. The molecule has 142 valence electrons. The molecule has 1 heterocycles. The first kappa shape index (κ1) is 19.8. The Morgan fingerprint density at radius 1 is 1.04 bits per heavy atom. The third-order valence-corrected chi connectivity index (χ3v) is 5.58. The molecule has 0 saturated carbocycles. The minimum atomic E-state index is -3.76. The summed E-state index contributed by atoms with van der Waals surface area (Å²) in [6.07, 6.45) is 0. The van der Waals surface area contributed by atoms with Gasteiger partial charge in [-0.1, -0.05) is 48.0 Å². The Bertz CT molecular complexity index is 905. The first-order valence-corrected chi connectivity index (χ1v) is 10.4. The number of fused-ring (bicyclic) bond motifs is 1. The summed E-state index contributed by atoms with van der Waals surface area (Å²) < 4.78 is 28.6. The molecule has 27 heavy (non-hydrogen) atoms. The number of benzene rings is 2. The SMILES string of the molecule is CCOP(=O)(OCC)OC1=Nc2cccc(Cl)c2C(c2ccccc2)=NC1. The Hall–Kier alpha value is -1.98. The van der Waals surface area contributed by atoms with Crippen molar-refractivity contribution >= 4 is 36.7 Å². The molecule has 0 bridgehead atoms. The third kappa shape index (κ3) is 4.66. The van der Waals surface area contributed by atoms with Crippen LogP contribution in [-0.2, 0) is 18.1 Å². The minimum absolute atomic E-state index is 0.0827. The van der Waals surface area contributed by atoms with Crippen molar-refractivity contribution in [3.05, 3.63) is 64.7 Å². The van der Waals surface area contributed by atoms with Crippen molar-refractivity contribution in [3.63, 3.8) is 0 Å². The topological polar surface area (TPSA) is 69.5 Å². The number of phosphoric acid groups is 1. The number of nitrogens with zero attached hydrogens (tertiary/aromatic N) is 2. The first-order valence-electron chi connectivity index (χ1n) is 8.61. The van der Waals surface area contributed by atoms with E-state index < -0.39 is 7.82 Å². The molecule has 3 rings (SSSR count).